The molecule has 4 nitrogen and oxygen atoms in total. The Kier molecular flexibility index (Phi) is 5.09. The Morgan fingerprint density at radius 1 is 1.20 bits per heavy atom. The number of rotatable bonds is 5. The zero-order valence-electron chi connectivity index (χ0n) is 12.9. The number of nitrogens with one attached hydrogen (secondary N) is 1. The van der Waals surface area contributed by atoms with E-state index >= 15 is 0 Å². The van der Waals surface area contributed by atoms with Crippen LogP contribution in [0.15, 0.2) is 53.1 Å². The zero-order chi connectivity index (χ0) is 17.8. The summed E-state index contributed by atoms with van der Waals surface area (Å²) in [5.41, 5.74) is 0.711. The maximum absolute atomic E-state index is 13.7. The molecule has 0 aliphatic heterocycles. The molecule has 0 bridgehead atoms. The minimum atomic E-state index is -0.735. The van der Waals surface area contributed by atoms with Crippen molar-refractivity contribution in [3.8, 4) is 11.3 Å². The summed E-state index contributed by atoms with van der Waals surface area (Å²) in [6.45, 7) is 0. The molecule has 7 heteroatoms. The van der Waals surface area contributed by atoms with Crippen molar-refractivity contribution >= 4 is 23.2 Å². The Balaban J connectivity index is 1.61. The number of nitrogens with zero attached hydrogens (tertiary/aromatic N) is 1. The topological polar surface area (TPSA) is 55.1 Å². The number of carbonyl (C=O) groups is 1. The molecule has 0 spiro atoms. The maximum Gasteiger partial charge on any atom is 0.224 e. The third-order valence-electron chi connectivity index (χ3n) is 3.42. The van der Waals surface area contributed by atoms with Crippen LogP contribution in [-0.2, 0) is 11.2 Å². The molecule has 0 radical (unpaired) electrons. The highest BCUT2D eigenvalue weighted by Crippen LogP contribution is 2.24. The molecule has 2 aromatic carbocycles. The normalized spacial score (nSPS) is 10.7. The molecule has 1 N–H and O–H groups in total. The van der Waals surface area contributed by atoms with E-state index in [1.165, 1.54) is 12.3 Å². The fraction of sp³-hybridized carbons (Fsp3) is 0.111. The molecule has 1 amide bonds. The third-order valence-corrected chi connectivity index (χ3v) is 3.66. The number of hydrogen-bond donors (Lipinski definition) is 1. The van der Waals surface area contributed by atoms with Crippen LogP contribution in [0.3, 0.4) is 0 Å². The van der Waals surface area contributed by atoms with Gasteiger partial charge in [-0.15, -0.1) is 0 Å². The lowest BCUT2D eigenvalue weighted by Crippen LogP contribution is -2.12. The number of aromatic nitrogens is 1. The smallest absolute Gasteiger partial charge is 0.224 e. The van der Waals surface area contributed by atoms with Crippen molar-refractivity contribution in [2.75, 3.05) is 5.32 Å². The molecule has 25 heavy (non-hydrogen) atoms. The number of aryl methyl sites for hydroxylation is 1. The van der Waals surface area contributed by atoms with Gasteiger partial charge in [0.25, 0.3) is 0 Å². The largest absolute Gasteiger partial charge is 0.441 e. The summed E-state index contributed by atoms with van der Waals surface area (Å²) in [7, 11) is 0. The van der Waals surface area contributed by atoms with Gasteiger partial charge in [-0.05, 0) is 30.3 Å². The number of hydrogen-bond acceptors (Lipinski definition) is 3. The molecule has 0 unspecified atom stereocenters. The fourth-order valence-electron chi connectivity index (χ4n) is 2.25. The first kappa shape index (κ1) is 17.1. The lowest BCUT2D eigenvalue weighted by atomic mass is 10.2. The first-order valence-corrected chi connectivity index (χ1v) is 7.84. The summed E-state index contributed by atoms with van der Waals surface area (Å²) in [6, 6.07) is 10.00. The first-order chi connectivity index (χ1) is 12.0. The van der Waals surface area contributed by atoms with Gasteiger partial charge >= 0.3 is 0 Å². The predicted molar refractivity (Wildman–Crippen MR) is 90.3 cm³/mol. The molecule has 0 saturated heterocycles. The van der Waals surface area contributed by atoms with Crippen molar-refractivity contribution in [3.63, 3.8) is 0 Å². The van der Waals surface area contributed by atoms with Crippen LogP contribution in [0.5, 0.6) is 0 Å². The summed E-state index contributed by atoms with van der Waals surface area (Å²) in [4.78, 5) is 16.0. The quantitative estimate of drug-likeness (QED) is 0.706. The van der Waals surface area contributed by atoms with Crippen LogP contribution in [0.2, 0.25) is 5.02 Å². The van der Waals surface area contributed by atoms with E-state index in [2.05, 4.69) is 10.3 Å². The zero-order valence-corrected chi connectivity index (χ0v) is 13.7. The van der Waals surface area contributed by atoms with E-state index in [1.807, 2.05) is 0 Å². The second kappa shape index (κ2) is 7.44. The van der Waals surface area contributed by atoms with Crippen molar-refractivity contribution in [3.05, 3.63) is 71.2 Å². The third kappa shape index (κ3) is 4.42. The highest BCUT2D eigenvalue weighted by Gasteiger charge is 2.13. The highest BCUT2D eigenvalue weighted by atomic mass is 35.5. The van der Waals surface area contributed by atoms with E-state index in [9.17, 15) is 13.6 Å². The lowest BCUT2D eigenvalue weighted by Gasteiger charge is -2.04. The molecule has 0 aliphatic rings. The molecular formula is C18H13ClF2N2O2. The van der Waals surface area contributed by atoms with Gasteiger partial charge in [0.1, 0.15) is 11.6 Å². The summed E-state index contributed by atoms with van der Waals surface area (Å²) in [6.07, 6.45) is 1.73. The molecule has 0 atom stereocenters. The molecule has 0 aliphatic carbocycles. The molecule has 1 aromatic heterocycles. The van der Waals surface area contributed by atoms with E-state index in [-0.39, 0.29) is 30.1 Å². The van der Waals surface area contributed by atoms with Gasteiger partial charge in [-0.3, -0.25) is 4.79 Å². The van der Waals surface area contributed by atoms with Crippen LogP contribution < -0.4 is 5.32 Å². The molecule has 1 heterocycles. The van der Waals surface area contributed by atoms with Crippen LogP contribution in [-0.4, -0.2) is 10.9 Å². The second-order valence-corrected chi connectivity index (χ2v) is 5.74. The molecule has 128 valence electrons. The van der Waals surface area contributed by atoms with Gasteiger partial charge in [0, 0.05) is 29.6 Å². The van der Waals surface area contributed by atoms with E-state index in [1.54, 1.807) is 24.3 Å². The standard InChI is InChI=1S/C18H13ClF2N2O2/c19-11-2-1-3-13(8-11)23-17(24)6-7-18-22-10-16(25-18)14-5-4-12(20)9-15(14)21/h1-5,8-10H,6-7H2,(H,23,24). The van der Waals surface area contributed by atoms with E-state index < -0.39 is 11.6 Å². The Labute approximate surface area is 147 Å². The molecule has 0 saturated carbocycles. The van der Waals surface area contributed by atoms with E-state index in [0.29, 0.717) is 16.6 Å². The van der Waals surface area contributed by atoms with Crippen LogP contribution in [0.25, 0.3) is 11.3 Å². The van der Waals surface area contributed by atoms with Gasteiger partial charge in [-0.1, -0.05) is 17.7 Å². The Hall–Kier alpha value is -2.73. The number of amides is 1. The number of anilines is 1. The van der Waals surface area contributed by atoms with Crippen LogP contribution in [0.4, 0.5) is 14.5 Å². The highest BCUT2D eigenvalue weighted by molar-refractivity contribution is 6.30. The average molecular weight is 363 g/mol. The van der Waals surface area contributed by atoms with Crippen molar-refractivity contribution < 1.29 is 18.0 Å². The minimum Gasteiger partial charge on any atom is -0.441 e. The van der Waals surface area contributed by atoms with Crippen molar-refractivity contribution in [2.45, 2.75) is 12.8 Å². The monoisotopic (exact) mass is 362 g/mol. The maximum atomic E-state index is 13.7. The number of halogens is 3. The van der Waals surface area contributed by atoms with Gasteiger partial charge in [-0.2, -0.15) is 0 Å². The molecule has 0 fully saturated rings. The predicted octanol–water partition coefficient (Wildman–Crippen LogP) is 4.84. The summed E-state index contributed by atoms with van der Waals surface area (Å²) < 4.78 is 32.1. The Morgan fingerprint density at radius 2 is 2.04 bits per heavy atom. The Morgan fingerprint density at radius 3 is 2.80 bits per heavy atom. The van der Waals surface area contributed by atoms with Gasteiger partial charge in [0.2, 0.25) is 5.91 Å². The van der Waals surface area contributed by atoms with Crippen LogP contribution in [0.1, 0.15) is 12.3 Å². The second-order valence-electron chi connectivity index (χ2n) is 5.30. The molecule has 3 aromatic rings. The van der Waals surface area contributed by atoms with Crippen molar-refractivity contribution in [1.82, 2.24) is 4.98 Å². The van der Waals surface area contributed by atoms with Gasteiger partial charge in [-0.25, -0.2) is 13.8 Å². The number of oxazole rings is 1. The van der Waals surface area contributed by atoms with E-state index in [0.717, 1.165) is 12.1 Å². The fourth-order valence-corrected chi connectivity index (χ4v) is 2.44. The lowest BCUT2D eigenvalue weighted by molar-refractivity contribution is -0.116. The first-order valence-electron chi connectivity index (χ1n) is 7.47. The minimum absolute atomic E-state index is 0.114. The van der Waals surface area contributed by atoms with Gasteiger partial charge in [0.15, 0.2) is 11.7 Å². The van der Waals surface area contributed by atoms with Gasteiger partial charge < -0.3 is 9.73 Å². The van der Waals surface area contributed by atoms with Crippen LogP contribution >= 0.6 is 11.6 Å². The summed E-state index contributed by atoms with van der Waals surface area (Å²) in [5, 5.41) is 3.24. The van der Waals surface area contributed by atoms with Gasteiger partial charge in [0.05, 0.1) is 11.8 Å². The SMILES string of the molecule is O=C(CCc1ncc(-c2ccc(F)cc2F)o1)Nc1cccc(Cl)c1. The average Bonchev–Trinajstić information content (AvgIpc) is 3.01. The Bertz CT molecular complexity index is 912. The number of carbonyl (C=O) groups excluding carboxylic acids is 1. The van der Waals surface area contributed by atoms with Crippen molar-refractivity contribution in [1.29, 1.82) is 0 Å². The molecular weight excluding hydrogens is 350 g/mol. The number of benzene rings is 2. The van der Waals surface area contributed by atoms with Crippen LogP contribution in [0, 0.1) is 11.6 Å². The molecule has 3 rings (SSSR count). The summed E-state index contributed by atoms with van der Waals surface area (Å²) in [5.74, 6) is -1.15. The van der Waals surface area contributed by atoms with Crippen molar-refractivity contribution in [2.24, 2.45) is 0 Å². The summed E-state index contributed by atoms with van der Waals surface area (Å²) >= 11 is 5.85. The van der Waals surface area contributed by atoms with E-state index in [4.69, 9.17) is 16.0 Å².